The number of aryl methyl sites for hydroxylation is 1. The van der Waals surface area contributed by atoms with E-state index in [0.29, 0.717) is 20.8 Å². The Kier molecular flexibility index (Phi) is 3.89. The number of aliphatic hydroxyl groups is 1. The number of hydrogen-bond donors (Lipinski definition) is 1. The minimum absolute atomic E-state index is 0.139. The van der Waals surface area contributed by atoms with E-state index in [1.807, 2.05) is 6.92 Å². The third kappa shape index (κ3) is 2.90. The molecule has 1 heterocycles. The highest BCUT2D eigenvalue weighted by Crippen LogP contribution is 2.33. The van der Waals surface area contributed by atoms with Crippen molar-refractivity contribution in [3.05, 3.63) is 38.8 Å². The van der Waals surface area contributed by atoms with Crippen molar-refractivity contribution in [1.82, 2.24) is 4.98 Å². The van der Waals surface area contributed by atoms with Gasteiger partial charge < -0.3 is 9.84 Å². The highest BCUT2D eigenvalue weighted by Gasteiger charge is 2.11. The second-order valence-corrected chi connectivity index (χ2v) is 5.20. The first kappa shape index (κ1) is 12.6. The van der Waals surface area contributed by atoms with Crippen LogP contribution in [0.3, 0.4) is 0 Å². The first-order chi connectivity index (χ1) is 8.10. The molecule has 1 aromatic heterocycles. The van der Waals surface area contributed by atoms with Gasteiger partial charge in [-0.3, -0.25) is 0 Å². The lowest BCUT2D eigenvalue weighted by Gasteiger charge is -2.05. The van der Waals surface area contributed by atoms with Crippen molar-refractivity contribution in [2.75, 3.05) is 0 Å². The third-order valence-corrected chi connectivity index (χ3v) is 3.69. The highest BCUT2D eigenvalue weighted by atomic mass is 35.5. The molecule has 6 heteroatoms. The van der Waals surface area contributed by atoms with E-state index in [2.05, 4.69) is 4.98 Å². The Morgan fingerprint density at radius 3 is 2.76 bits per heavy atom. The average molecular weight is 290 g/mol. The van der Waals surface area contributed by atoms with Gasteiger partial charge in [-0.1, -0.05) is 34.5 Å². The van der Waals surface area contributed by atoms with Crippen molar-refractivity contribution >= 4 is 34.5 Å². The third-order valence-electron chi connectivity index (χ3n) is 2.11. The van der Waals surface area contributed by atoms with E-state index in [4.69, 9.17) is 33.0 Å². The lowest BCUT2D eigenvalue weighted by molar-refractivity contribution is 0.285. The summed E-state index contributed by atoms with van der Waals surface area (Å²) in [6, 6.07) is 5.32. The van der Waals surface area contributed by atoms with Crippen LogP contribution in [0.25, 0.3) is 0 Å². The molecule has 0 aliphatic rings. The van der Waals surface area contributed by atoms with Crippen LogP contribution < -0.4 is 4.74 Å². The summed E-state index contributed by atoms with van der Waals surface area (Å²) in [6.07, 6.45) is 0. The van der Waals surface area contributed by atoms with E-state index in [1.165, 1.54) is 11.3 Å². The zero-order valence-electron chi connectivity index (χ0n) is 8.91. The second-order valence-electron chi connectivity index (χ2n) is 3.36. The molecule has 0 unspecified atom stereocenters. The van der Waals surface area contributed by atoms with Gasteiger partial charge >= 0.3 is 0 Å². The zero-order chi connectivity index (χ0) is 12.4. The van der Waals surface area contributed by atoms with Gasteiger partial charge in [0.2, 0.25) is 0 Å². The minimum Gasteiger partial charge on any atom is -0.431 e. The normalized spacial score (nSPS) is 10.6. The summed E-state index contributed by atoms with van der Waals surface area (Å²) in [7, 11) is 0. The number of nitrogens with zero attached hydrogens (tertiary/aromatic N) is 1. The molecule has 3 nitrogen and oxygen atoms in total. The molecule has 1 aromatic carbocycles. The molecule has 2 aromatic rings. The Bertz CT molecular complexity index is 542. The molecule has 0 saturated carbocycles. The fourth-order valence-corrected chi connectivity index (χ4v) is 2.48. The maximum atomic E-state index is 9.00. The summed E-state index contributed by atoms with van der Waals surface area (Å²) >= 11 is 12.9. The lowest BCUT2D eigenvalue weighted by atomic mass is 10.2. The molecular formula is C11H9Cl2NO2S. The largest absolute Gasteiger partial charge is 0.431 e. The number of ether oxygens (including phenoxy) is 1. The van der Waals surface area contributed by atoms with Gasteiger partial charge in [0, 0.05) is 5.02 Å². The SMILES string of the molecule is Cc1cc(Cl)ccc1Oc1nc(Cl)c(CO)s1. The van der Waals surface area contributed by atoms with E-state index in [9.17, 15) is 0 Å². The number of aromatic nitrogens is 1. The fourth-order valence-electron chi connectivity index (χ4n) is 1.28. The first-order valence-corrected chi connectivity index (χ1v) is 6.37. The molecule has 17 heavy (non-hydrogen) atoms. The number of rotatable bonds is 3. The smallest absolute Gasteiger partial charge is 0.280 e. The van der Waals surface area contributed by atoms with Gasteiger partial charge in [0.05, 0.1) is 11.5 Å². The predicted octanol–water partition coefficient (Wildman–Crippen LogP) is 4.04. The van der Waals surface area contributed by atoms with E-state index in [1.54, 1.807) is 18.2 Å². The van der Waals surface area contributed by atoms with Crippen molar-refractivity contribution in [3.8, 4) is 10.9 Å². The molecule has 0 saturated heterocycles. The topological polar surface area (TPSA) is 42.4 Å². The first-order valence-electron chi connectivity index (χ1n) is 4.80. The molecule has 0 aliphatic carbocycles. The Morgan fingerprint density at radius 2 is 2.18 bits per heavy atom. The standard InChI is InChI=1S/C11H9Cl2NO2S/c1-6-4-7(12)2-3-8(6)16-11-14-10(13)9(5-15)17-11/h2-4,15H,5H2,1H3. The number of thiazole rings is 1. The van der Waals surface area contributed by atoms with Crippen LogP contribution in [-0.2, 0) is 6.61 Å². The second kappa shape index (κ2) is 5.23. The Morgan fingerprint density at radius 1 is 1.41 bits per heavy atom. The summed E-state index contributed by atoms with van der Waals surface area (Å²) in [5.41, 5.74) is 0.911. The summed E-state index contributed by atoms with van der Waals surface area (Å²) in [6.45, 7) is 1.75. The van der Waals surface area contributed by atoms with Crippen molar-refractivity contribution < 1.29 is 9.84 Å². The van der Waals surface area contributed by atoms with E-state index < -0.39 is 0 Å². The van der Waals surface area contributed by atoms with Crippen LogP contribution in [0.1, 0.15) is 10.4 Å². The van der Waals surface area contributed by atoms with Crippen LogP contribution in [-0.4, -0.2) is 10.1 Å². The van der Waals surface area contributed by atoms with Crippen LogP contribution in [0.5, 0.6) is 10.9 Å². The molecule has 0 bridgehead atoms. The van der Waals surface area contributed by atoms with Crippen molar-refractivity contribution in [2.45, 2.75) is 13.5 Å². The van der Waals surface area contributed by atoms with Gasteiger partial charge in [0.15, 0.2) is 0 Å². The molecule has 1 N–H and O–H groups in total. The molecule has 0 fully saturated rings. The number of halogens is 2. The monoisotopic (exact) mass is 289 g/mol. The van der Waals surface area contributed by atoms with Gasteiger partial charge in [0.1, 0.15) is 10.9 Å². The van der Waals surface area contributed by atoms with Gasteiger partial charge in [-0.25, -0.2) is 0 Å². The quantitative estimate of drug-likeness (QED) is 0.927. The van der Waals surface area contributed by atoms with E-state index in [0.717, 1.165) is 5.56 Å². The zero-order valence-corrected chi connectivity index (χ0v) is 11.2. The molecule has 0 aliphatic heterocycles. The summed E-state index contributed by atoms with van der Waals surface area (Å²) < 4.78 is 5.58. The lowest BCUT2D eigenvalue weighted by Crippen LogP contribution is -1.86. The number of benzene rings is 1. The number of aliphatic hydroxyl groups excluding tert-OH is 1. The number of hydrogen-bond acceptors (Lipinski definition) is 4. The van der Waals surface area contributed by atoms with Crippen LogP contribution in [0.4, 0.5) is 0 Å². The van der Waals surface area contributed by atoms with Crippen molar-refractivity contribution in [2.24, 2.45) is 0 Å². The summed E-state index contributed by atoms with van der Waals surface area (Å²) in [5, 5.41) is 10.3. The molecule has 0 atom stereocenters. The Labute approximate surface area is 113 Å². The van der Waals surface area contributed by atoms with Gasteiger partial charge in [0.25, 0.3) is 5.19 Å². The van der Waals surface area contributed by atoms with Gasteiger partial charge in [-0.05, 0) is 30.7 Å². The Hall–Kier alpha value is -0.810. The molecular weight excluding hydrogens is 281 g/mol. The van der Waals surface area contributed by atoms with Crippen molar-refractivity contribution in [3.63, 3.8) is 0 Å². The van der Waals surface area contributed by atoms with Crippen molar-refractivity contribution in [1.29, 1.82) is 0 Å². The highest BCUT2D eigenvalue weighted by molar-refractivity contribution is 7.13. The van der Waals surface area contributed by atoms with Crippen LogP contribution in [0.2, 0.25) is 10.2 Å². The maximum absolute atomic E-state index is 9.00. The molecule has 0 radical (unpaired) electrons. The van der Waals surface area contributed by atoms with Gasteiger partial charge in [-0.2, -0.15) is 4.98 Å². The average Bonchev–Trinajstić information content (AvgIpc) is 2.63. The van der Waals surface area contributed by atoms with Crippen LogP contribution in [0.15, 0.2) is 18.2 Å². The molecule has 2 rings (SSSR count). The fraction of sp³-hybridized carbons (Fsp3) is 0.182. The summed E-state index contributed by atoms with van der Waals surface area (Å²) in [5.74, 6) is 0.671. The minimum atomic E-state index is -0.139. The molecule has 0 amide bonds. The van der Waals surface area contributed by atoms with Gasteiger partial charge in [-0.15, -0.1) is 0 Å². The van der Waals surface area contributed by atoms with Crippen LogP contribution >= 0.6 is 34.5 Å². The Balaban J connectivity index is 2.25. The maximum Gasteiger partial charge on any atom is 0.280 e. The predicted molar refractivity (Wildman–Crippen MR) is 69.3 cm³/mol. The van der Waals surface area contributed by atoms with E-state index >= 15 is 0 Å². The summed E-state index contributed by atoms with van der Waals surface area (Å²) in [4.78, 5) is 4.60. The van der Waals surface area contributed by atoms with E-state index in [-0.39, 0.29) is 11.8 Å². The molecule has 90 valence electrons. The van der Waals surface area contributed by atoms with Crippen LogP contribution in [0, 0.1) is 6.92 Å². The molecule has 0 spiro atoms.